The van der Waals surface area contributed by atoms with Gasteiger partial charge in [0.25, 0.3) is 0 Å². The van der Waals surface area contributed by atoms with E-state index in [0.717, 1.165) is 13.0 Å². The molecular formula is C17H27N. The van der Waals surface area contributed by atoms with Gasteiger partial charge in [-0.3, -0.25) is 0 Å². The Bertz CT molecular complexity index is 444. The van der Waals surface area contributed by atoms with Crippen LogP contribution in [0.25, 0.3) is 0 Å². The Kier molecular flexibility index (Phi) is 3.21. The van der Waals surface area contributed by atoms with Crippen molar-refractivity contribution in [1.29, 1.82) is 0 Å². The van der Waals surface area contributed by atoms with Crippen molar-refractivity contribution in [3.05, 3.63) is 28.8 Å². The molecule has 1 heteroatoms. The van der Waals surface area contributed by atoms with E-state index in [9.17, 15) is 0 Å². The normalized spacial score (nSPS) is 15.4. The third-order valence-corrected chi connectivity index (χ3v) is 3.52. The number of rotatable bonds is 1. The molecule has 0 saturated heterocycles. The van der Waals surface area contributed by atoms with Crippen LogP contribution in [0, 0.1) is 5.41 Å². The Balaban J connectivity index is 2.46. The summed E-state index contributed by atoms with van der Waals surface area (Å²) < 4.78 is 0. The summed E-state index contributed by atoms with van der Waals surface area (Å²) in [6.07, 6.45) is 2.33. The van der Waals surface area contributed by atoms with E-state index in [1.165, 1.54) is 28.8 Å². The summed E-state index contributed by atoms with van der Waals surface area (Å²) in [7, 11) is 0. The lowest BCUT2D eigenvalue weighted by molar-refractivity contribution is 0.410. The number of hydrogen-bond donors (Lipinski definition) is 1. The summed E-state index contributed by atoms with van der Waals surface area (Å²) in [5.74, 6) is 0. The van der Waals surface area contributed by atoms with Crippen molar-refractivity contribution in [2.75, 3.05) is 11.9 Å². The van der Waals surface area contributed by atoms with Crippen LogP contribution in [-0.2, 0) is 18.3 Å². The SMILES string of the molecule is CC(C)(C)Cc1cc2c(c(C(C)(C)C)c1)NCC2. The minimum Gasteiger partial charge on any atom is -0.384 e. The molecule has 0 saturated carbocycles. The lowest BCUT2D eigenvalue weighted by Gasteiger charge is -2.26. The summed E-state index contributed by atoms with van der Waals surface area (Å²) in [5, 5.41) is 3.57. The lowest BCUT2D eigenvalue weighted by atomic mass is 9.80. The molecule has 0 aromatic heterocycles. The Morgan fingerprint density at radius 1 is 1.06 bits per heavy atom. The predicted molar refractivity (Wildman–Crippen MR) is 80.5 cm³/mol. The minimum atomic E-state index is 0.218. The maximum absolute atomic E-state index is 3.57. The van der Waals surface area contributed by atoms with E-state index in [4.69, 9.17) is 0 Å². The average molecular weight is 245 g/mol. The highest BCUT2D eigenvalue weighted by Crippen LogP contribution is 2.37. The molecule has 1 aromatic carbocycles. The molecule has 1 N–H and O–H groups in total. The van der Waals surface area contributed by atoms with Gasteiger partial charge >= 0.3 is 0 Å². The number of benzene rings is 1. The van der Waals surface area contributed by atoms with E-state index in [2.05, 4.69) is 59.0 Å². The summed E-state index contributed by atoms with van der Waals surface area (Å²) >= 11 is 0. The van der Waals surface area contributed by atoms with Crippen molar-refractivity contribution < 1.29 is 0 Å². The standard InChI is InChI=1S/C17H27N/c1-16(2,3)11-12-9-13-7-8-18-15(13)14(10-12)17(4,5)6/h9-10,18H,7-8,11H2,1-6H3. The van der Waals surface area contributed by atoms with Gasteiger partial charge in [0.05, 0.1) is 0 Å². The Hall–Kier alpha value is -0.980. The Labute approximate surface area is 112 Å². The van der Waals surface area contributed by atoms with Crippen LogP contribution < -0.4 is 5.32 Å². The molecule has 0 bridgehead atoms. The number of fused-ring (bicyclic) bond motifs is 1. The number of anilines is 1. The van der Waals surface area contributed by atoms with Crippen LogP contribution in [-0.4, -0.2) is 6.54 Å². The second-order valence-corrected chi connectivity index (χ2v) is 7.84. The first-order valence-corrected chi connectivity index (χ1v) is 7.07. The van der Waals surface area contributed by atoms with E-state index in [0.29, 0.717) is 5.41 Å². The van der Waals surface area contributed by atoms with E-state index >= 15 is 0 Å². The molecule has 0 amide bonds. The van der Waals surface area contributed by atoms with Crippen molar-refractivity contribution in [1.82, 2.24) is 0 Å². The van der Waals surface area contributed by atoms with Crippen LogP contribution in [0.3, 0.4) is 0 Å². The van der Waals surface area contributed by atoms with Gasteiger partial charge in [0.2, 0.25) is 0 Å². The zero-order valence-electron chi connectivity index (χ0n) is 12.8. The summed E-state index contributed by atoms with van der Waals surface area (Å²) in [5.41, 5.74) is 6.47. The topological polar surface area (TPSA) is 12.0 Å². The van der Waals surface area contributed by atoms with Crippen molar-refractivity contribution in [2.45, 2.75) is 59.8 Å². The highest BCUT2D eigenvalue weighted by atomic mass is 14.9. The van der Waals surface area contributed by atoms with Gasteiger partial charge in [0.1, 0.15) is 0 Å². The van der Waals surface area contributed by atoms with Crippen LogP contribution >= 0.6 is 0 Å². The predicted octanol–water partition coefficient (Wildman–Crippen LogP) is 4.54. The zero-order valence-corrected chi connectivity index (χ0v) is 12.8. The maximum Gasteiger partial charge on any atom is 0.0411 e. The first kappa shape index (κ1) is 13.5. The zero-order chi connectivity index (χ0) is 13.6. The van der Waals surface area contributed by atoms with E-state index in [1.54, 1.807) is 0 Å². The van der Waals surface area contributed by atoms with Crippen molar-refractivity contribution in [3.63, 3.8) is 0 Å². The van der Waals surface area contributed by atoms with E-state index in [-0.39, 0.29) is 5.41 Å². The van der Waals surface area contributed by atoms with Gasteiger partial charge in [0, 0.05) is 12.2 Å². The van der Waals surface area contributed by atoms with Crippen molar-refractivity contribution >= 4 is 5.69 Å². The van der Waals surface area contributed by atoms with Gasteiger partial charge in [-0.1, -0.05) is 53.7 Å². The molecule has 100 valence electrons. The third kappa shape index (κ3) is 2.88. The molecule has 0 atom stereocenters. The first-order valence-electron chi connectivity index (χ1n) is 7.07. The molecule has 0 unspecified atom stereocenters. The molecular weight excluding hydrogens is 218 g/mol. The van der Waals surface area contributed by atoms with Crippen LogP contribution in [0.15, 0.2) is 12.1 Å². The first-order chi connectivity index (χ1) is 8.17. The van der Waals surface area contributed by atoms with Gasteiger partial charge in [0.15, 0.2) is 0 Å². The van der Waals surface area contributed by atoms with Gasteiger partial charge in [-0.2, -0.15) is 0 Å². The summed E-state index contributed by atoms with van der Waals surface area (Å²) in [4.78, 5) is 0. The third-order valence-electron chi connectivity index (χ3n) is 3.52. The van der Waals surface area contributed by atoms with Crippen molar-refractivity contribution in [3.8, 4) is 0 Å². The largest absolute Gasteiger partial charge is 0.384 e. The van der Waals surface area contributed by atoms with Crippen LogP contribution in [0.2, 0.25) is 0 Å². The molecule has 1 aromatic rings. The summed E-state index contributed by atoms with van der Waals surface area (Å²) in [6, 6.07) is 4.83. The van der Waals surface area contributed by atoms with E-state index < -0.39 is 0 Å². The van der Waals surface area contributed by atoms with Gasteiger partial charge in [-0.05, 0) is 40.4 Å². The highest BCUT2D eigenvalue weighted by Gasteiger charge is 2.24. The van der Waals surface area contributed by atoms with Gasteiger partial charge in [-0.25, -0.2) is 0 Å². The van der Waals surface area contributed by atoms with Gasteiger partial charge in [-0.15, -0.1) is 0 Å². The molecule has 0 aliphatic carbocycles. The second-order valence-electron chi connectivity index (χ2n) is 7.84. The van der Waals surface area contributed by atoms with Crippen LogP contribution in [0.1, 0.15) is 58.2 Å². The van der Waals surface area contributed by atoms with Gasteiger partial charge < -0.3 is 5.32 Å². The molecule has 0 fully saturated rings. The second kappa shape index (κ2) is 4.29. The van der Waals surface area contributed by atoms with E-state index in [1.807, 2.05) is 0 Å². The smallest absolute Gasteiger partial charge is 0.0411 e. The molecule has 0 spiro atoms. The van der Waals surface area contributed by atoms with Crippen molar-refractivity contribution in [2.24, 2.45) is 5.41 Å². The molecule has 2 rings (SSSR count). The molecule has 1 heterocycles. The molecule has 1 aliphatic rings. The monoisotopic (exact) mass is 245 g/mol. The fourth-order valence-electron chi connectivity index (χ4n) is 2.80. The molecule has 0 radical (unpaired) electrons. The quantitative estimate of drug-likeness (QED) is 0.766. The molecule has 1 aliphatic heterocycles. The molecule has 1 nitrogen and oxygen atoms in total. The van der Waals surface area contributed by atoms with Crippen LogP contribution in [0.5, 0.6) is 0 Å². The highest BCUT2D eigenvalue weighted by molar-refractivity contribution is 5.64. The molecule has 18 heavy (non-hydrogen) atoms. The fourth-order valence-corrected chi connectivity index (χ4v) is 2.80. The minimum absolute atomic E-state index is 0.218. The Morgan fingerprint density at radius 2 is 1.72 bits per heavy atom. The fraction of sp³-hybridized carbons (Fsp3) is 0.647. The Morgan fingerprint density at radius 3 is 2.28 bits per heavy atom. The maximum atomic E-state index is 3.57. The van der Waals surface area contributed by atoms with Crippen LogP contribution in [0.4, 0.5) is 5.69 Å². The summed E-state index contributed by atoms with van der Waals surface area (Å²) in [6.45, 7) is 15.0. The number of nitrogens with one attached hydrogen (secondary N) is 1. The average Bonchev–Trinajstić information content (AvgIpc) is 2.59. The number of hydrogen-bond acceptors (Lipinski definition) is 1. The lowest BCUT2D eigenvalue weighted by Crippen LogP contribution is -2.16.